The van der Waals surface area contributed by atoms with E-state index in [4.69, 9.17) is 26.8 Å². The summed E-state index contributed by atoms with van der Waals surface area (Å²) in [6, 6.07) is 3.99. The van der Waals surface area contributed by atoms with Gasteiger partial charge >= 0.3 is 0 Å². The van der Waals surface area contributed by atoms with E-state index in [1.165, 1.54) is 6.42 Å². The lowest BCUT2D eigenvalue weighted by molar-refractivity contribution is -0.119. The van der Waals surface area contributed by atoms with E-state index in [1.807, 2.05) is 18.3 Å². The van der Waals surface area contributed by atoms with Crippen molar-refractivity contribution in [2.45, 2.75) is 31.8 Å². The predicted octanol–water partition coefficient (Wildman–Crippen LogP) is 2.66. The van der Waals surface area contributed by atoms with Crippen LogP contribution in [0.4, 0.5) is 0 Å². The lowest BCUT2D eigenvalue weighted by Gasteiger charge is -2.34. The van der Waals surface area contributed by atoms with Crippen LogP contribution in [0.2, 0.25) is 5.02 Å². The fourth-order valence-electron chi connectivity index (χ4n) is 3.33. The standard InChI is InChI=1S/C18H23ClN4O3/c1-25-15-9-12(8-13(19)17(15)26-11-16(20)24)10-23-7-3-2-4-14(23)18-21-5-6-22-18/h5-6,8-9,14H,2-4,7,10-11H2,1H3,(H2,20,24)(H,21,22). The van der Waals surface area contributed by atoms with Crippen LogP contribution in [0.15, 0.2) is 24.5 Å². The second-order valence-corrected chi connectivity index (χ2v) is 6.73. The number of rotatable bonds is 7. The van der Waals surface area contributed by atoms with Gasteiger partial charge in [-0.15, -0.1) is 0 Å². The third-order valence-corrected chi connectivity index (χ3v) is 4.76. The summed E-state index contributed by atoms with van der Waals surface area (Å²) < 4.78 is 10.8. The molecule has 140 valence electrons. The number of primary amides is 1. The van der Waals surface area contributed by atoms with Crippen LogP contribution in [-0.4, -0.2) is 41.0 Å². The molecule has 8 heteroatoms. The summed E-state index contributed by atoms with van der Waals surface area (Å²) >= 11 is 6.36. The van der Waals surface area contributed by atoms with E-state index in [0.717, 1.165) is 37.3 Å². The molecule has 2 aromatic rings. The van der Waals surface area contributed by atoms with Crippen LogP contribution in [0.3, 0.4) is 0 Å². The molecule has 1 amide bonds. The van der Waals surface area contributed by atoms with Crippen LogP contribution in [0, 0.1) is 0 Å². The molecule has 3 rings (SSSR count). The number of aromatic nitrogens is 2. The summed E-state index contributed by atoms with van der Waals surface area (Å²) in [7, 11) is 1.54. The van der Waals surface area contributed by atoms with Crippen molar-refractivity contribution in [1.29, 1.82) is 0 Å². The molecule has 1 aliphatic heterocycles. The van der Waals surface area contributed by atoms with Gasteiger partial charge in [0.1, 0.15) is 5.82 Å². The van der Waals surface area contributed by atoms with Gasteiger partial charge < -0.3 is 20.2 Å². The van der Waals surface area contributed by atoms with Crippen molar-refractivity contribution in [2.75, 3.05) is 20.3 Å². The first-order chi connectivity index (χ1) is 12.6. The number of methoxy groups -OCH3 is 1. The smallest absolute Gasteiger partial charge is 0.255 e. The van der Waals surface area contributed by atoms with Gasteiger partial charge in [-0.3, -0.25) is 9.69 Å². The molecule has 2 heterocycles. The van der Waals surface area contributed by atoms with Crippen LogP contribution in [0.1, 0.15) is 36.7 Å². The maximum absolute atomic E-state index is 11.0. The molecule has 1 atom stereocenters. The highest BCUT2D eigenvalue weighted by Gasteiger charge is 2.26. The average Bonchev–Trinajstić information content (AvgIpc) is 3.15. The Morgan fingerprint density at radius 1 is 1.46 bits per heavy atom. The highest BCUT2D eigenvalue weighted by molar-refractivity contribution is 6.32. The van der Waals surface area contributed by atoms with Crippen molar-refractivity contribution in [3.63, 3.8) is 0 Å². The number of likely N-dealkylation sites (tertiary alicyclic amines) is 1. The molecule has 1 aromatic heterocycles. The normalized spacial score (nSPS) is 17.8. The van der Waals surface area contributed by atoms with Gasteiger partial charge in [0.15, 0.2) is 18.1 Å². The topological polar surface area (TPSA) is 93.5 Å². The minimum atomic E-state index is -0.568. The van der Waals surface area contributed by atoms with E-state index < -0.39 is 5.91 Å². The van der Waals surface area contributed by atoms with E-state index in [0.29, 0.717) is 16.5 Å². The number of hydrogen-bond donors (Lipinski definition) is 2. The van der Waals surface area contributed by atoms with E-state index in [2.05, 4.69) is 14.9 Å². The number of carbonyl (C=O) groups excluding carboxylic acids is 1. The summed E-state index contributed by atoms with van der Waals surface area (Å²) in [4.78, 5) is 21.0. The monoisotopic (exact) mass is 378 g/mol. The third kappa shape index (κ3) is 4.28. The van der Waals surface area contributed by atoms with Gasteiger partial charge in [-0.2, -0.15) is 0 Å². The van der Waals surface area contributed by atoms with Crippen LogP contribution in [0.5, 0.6) is 11.5 Å². The highest BCUT2D eigenvalue weighted by atomic mass is 35.5. The Labute approximate surface area is 157 Å². The first-order valence-corrected chi connectivity index (χ1v) is 8.97. The highest BCUT2D eigenvalue weighted by Crippen LogP contribution is 2.38. The molecule has 7 nitrogen and oxygen atoms in total. The van der Waals surface area contributed by atoms with E-state index in [1.54, 1.807) is 13.3 Å². The number of hydrogen-bond acceptors (Lipinski definition) is 5. The number of imidazole rings is 1. The Hall–Kier alpha value is -2.25. The summed E-state index contributed by atoms with van der Waals surface area (Å²) in [5.41, 5.74) is 6.14. The second kappa shape index (κ2) is 8.42. The van der Waals surface area contributed by atoms with Crippen molar-refractivity contribution in [2.24, 2.45) is 5.73 Å². The Bertz CT molecular complexity index is 751. The lowest BCUT2D eigenvalue weighted by atomic mass is 10.0. The van der Waals surface area contributed by atoms with Crippen molar-refractivity contribution in [3.8, 4) is 11.5 Å². The number of benzene rings is 1. The van der Waals surface area contributed by atoms with E-state index >= 15 is 0 Å². The molecule has 0 saturated carbocycles. The number of nitrogens with two attached hydrogens (primary N) is 1. The molecule has 1 aromatic carbocycles. The Kier molecular flexibility index (Phi) is 6.00. The first kappa shape index (κ1) is 18.5. The molecule has 1 fully saturated rings. The maximum Gasteiger partial charge on any atom is 0.255 e. The number of H-pyrrole nitrogens is 1. The second-order valence-electron chi connectivity index (χ2n) is 6.32. The quantitative estimate of drug-likeness (QED) is 0.772. The molecule has 1 saturated heterocycles. The molecular weight excluding hydrogens is 356 g/mol. The molecular formula is C18H23ClN4O3. The van der Waals surface area contributed by atoms with E-state index in [9.17, 15) is 4.79 Å². The number of carbonyl (C=O) groups is 1. The number of halogens is 1. The fraction of sp³-hybridized carbons (Fsp3) is 0.444. The van der Waals surface area contributed by atoms with Gasteiger partial charge in [0.25, 0.3) is 5.91 Å². The number of nitrogens with one attached hydrogen (secondary N) is 1. The molecule has 26 heavy (non-hydrogen) atoms. The number of nitrogens with zero attached hydrogens (tertiary/aromatic N) is 2. The van der Waals surface area contributed by atoms with Crippen LogP contribution in [0.25, 0.3) is 0 Å². The maximum atomic E-state index is 11.0. The van der Waals surface area contributed by atoms with Crippen LogP contribution >= 0.6 is 11.6 Å². The Balaban J connectivity index is 1.80. The van der Waals surface area contributed by atoms with Gasteiger partial charge in [-0.05, 0) is 37.1 Å². The van der Waals surface area contributed by atoms with E-state index in [-0.39, 0.29) is 12.6 Å². The first-order valence-electron chi connectivity index (χ1n) is 8.59. The minimum Gasteiger partial charge on any atom is -0.493 e. The van der Waals surface area contributed by atoms with Gasteiger partial charge in [0.05, 0.1) is 18.2 Å². The molecule has 3 N–H and O–H groups in total. The largest absolute Gasteiger partial charge is 0.493 e. The summed E-state index contributed by atoms with van der Waals surface area (Å²) in [6.07, 6.45) is 7.05. The molecule has 0 bridgehead atoms. The third-order valence-electron chi connectivity index (χ3n) is 4.48. The lowest BCUT2D eigenvalue weighted by Crippen LogP contribution is -2.33. The van der Waals surface area contributed by atoms with Gasteiger partial charge in [-0.1, -0.05) is 18.0 Å². The average molecular weight is 379 g/mol. The Morgan fingerprint density at radius 2 is 2.31 bits per heavy atom. The van der Waals surface area contributed by atoms with Crippen LogP contribution < -0.4 is 15.2 Å². The number of piperidine rings is 1. The van der Waals surface area contributed by atoms with Crippen molar-refractivity contribution in [1.82, 2.24) is 14.9 Å². The van der Waals surface area contributed by atoms with Crippen LogP contribution in [-0.2, 0) is 11.3 Å². The summed E-state index contributed by atoms with van der Waals surface area (Å²) in [5, 5.41) is 0.396. The SMILES string of the molecule is COc1cc(CN2CCCCC2c2ncc[nH]2)cc(Cl)c1OCC(N)=O. The predicted molar refractivity (Wildman–Crippen MR) is 98.3 cm³/mol. The Morgan fingerprint density at radius 3 is 3.00 bits per heavy atom. The molecule has 1 unspecified atom stereocenters. The fourth-order valence-corrected chi connectivity index (χ4v) is 3.62. The molecule has 0 aliphatic carbocycles. The number of amides is 1. The summed E-state index contributed by atoms with van der Waals surface area (Å²) in [6.45, 7) is 1.46. The zero-order valence-corrected chi connectivity index (χ0v) is 15.5. The minimum absolute atomic E-state index is 0.248. The zero-order chi connectivity index (χ0) is 18.5. The van der Waals surface area contributed by atoms with Gasteiger partial charge in [0, 0.05) is 18.9 Å². The summed E-state index contributed by atoms with van der Waals surface area (Å²) in [5.74, 6) is 1.24. The molecule has 0 radical (unpaired) electrons. The number of aromatic amines is 1. The van der Waals surface area contributed by atoms with Crippen molar-refractivity contribution in [3.05, 3.63) is 40.9 Å². The molecule has 1 aliphatic rings. The molecule has 0 spiro atoms. The van der Waals surface area contributed by atoms with Gasteiger partial charge in [-0.25, -0.2) is 4.98 Å². The zero-order valence-electron chi connectivity index (χ0n) is 14.7. The van der Waals surface area contributed by atoms with Gasteiger partial charge in [0.2, 0.25) is 0 Å². The number of ether oxygens (including phenoxy) is 2. The van der Waals surface area contributed by atoms with Crippen molar-refractivity contribution < 1.29 is 14.3 Å². The van der Waals surface area contributed by atoms with Crippen molar-refractivity contribution >= 4 is 17.5 Å².